The Balaban J connectivity index is 2.08. The second-order valence-electron chi connectivity index (χ2n) is 3.93. The van der Waals surface area contributed by atoms with Crippen molar-refractivity contribution in [2.24, 2.45) is 0 Å². The van der Waals surface area contributed by atoms with Crippen LogP contribution in [0, 0.1) is 6.92 Å². The summed E-state index contributed by atoms with van der Waals surface area (Å²) < 4.78 is 22.5. The molecule has 0 saturated carbocycles. The van der Waals surface area contributed by atoms with Crippen molar-refractivity contribution in [3.05, 3.63) is 24.0 Å². The summed E-state index contributed by atoms with van der Waals surface area (Å²) in [7, 11) is -2.81. The Bertz CT molecular complexity index is 456. The lowest BCUT2D eigenvalue weighted by Gasteiger charge is -2.13. The van der Waals surface area contributed by atoms with E-state index in [2.05, 4.69) is 10.3 Å². The summed E-state index contributed by atoms with van der Waals surface area (Å²) in [4.78, 5) is 3.99. The number of nitrogens with zero attached hydrogens (tertiary/aromatic N) is 1. The quantitative estimate of drug-likeness (QED) is 0.817. The number of rotatable bonds is 2. The Morgan fingerprint density at radius 1 is 1.53 bits per heavy atom. The van der Waals surface area contributed by atoms with Crippen LogP contribution < -0.4 is 5.32 Å². The van der Waals surface area contributed by atoms with Crippen molar-refractivity contribution < 1.29 is 8.42 Å². The number of hydrogen-bond donors (Lipinski definition) is 1. The molecule has 1 saturated heterocycles. The van der Waals surface area contributed by atoms with E-state index in [0.29, 0.717) is 12.2 Å². The first-order valence-electron chi connectivity index (χ1n) is 4.94. The van der Waals surface area contributed by atoms with Gasteiger partial charge in [-0.2, -0.15) is 0 Å². The fraction of sp³-hybridized carbons (Fsp3) is 0.500. The zero-order valence-electron chi connectivity index (χ0n) is 8.60. The van der Waals surface area contributed by atoms with E-state index in [1.807, 2.05) is 13.0 Å². The molecule has 1 atom stereocenters. The van der Waals surface area contributed by atoms with E-state index in [-0.39, 0.29) is 11.8 Å². The monoisotopic (exact) mass is 226 g/mol. The first kappa shape index (κ1) is 10.4. The Kier molecular flexibility index (Phi) is 2.65. The fourth-order valence-corrected chi connectivity index (χ4v) is 3.44. The zero-order chi connectivity index (χ0) is 10.9. The van der Waals surface area contributed by atoms with Gasteiger partial charge in [-0.15, -0.1) is 0 Å². The number of anilines is 1. The molecule has 0 aliphatic carbocycles. The van der Waals surface area contributed by atoms with Gasteiger partial charge in [0, 0.05) is 24.1 Å². The first-order chi connectivity index (χ1) is 7.07. The SMILES string of the molecule is Cc1cnccc1NC1CCS(=O)(=O)C1. The lowest BCUT2D eigenvalue weighted by atomic mass is 10.2. The van der Waals surface area contributed by atoms with Crippen LogP contribution in [0.15, 0.2) is 18.5 Å². The van der Waals surface area contributed by atoms with Crippen LogP contribution in [0.1, 0.15) is 12.0 Å². The number of nitrogens with one attached hydrogen (secondary N) is 1. The molecule has 1 fully saturated rings. The van der Waals surface area contributed by atoms with Gasteiger partial charge in [0.1, 0.15) is 0 Å². The van der Waals surface area contributed by atoms with Gasteiger partial charge >= 0.3 is 0 Å². The van der Waals surface area contributed by atoms with Gasteiger partial charge in [-0.3, -0.25) is 4.98 Å². The molecule has 0 bridgehead atoms. The molecule has 0 radical (unpaired) electrons. The molecule has 1 aliphatic heterocycles. The van der Waals surface area contributed by atoms with Gasteiger partial charge in [0.05, 0.1) is 11.5 Å². The van der Waals surface area contributed by atoms with E-state index in [4.69, 9.17) is 0 Å². The minimum absolute atomic E-state index is 0.0519. The molecule has 4 nitrogen and oxygen atoms in total. The second kappa shape index (κ2) is 3.81. The summed E-state index contributed by atoms with van der Waals surface area (Å²) in [6.07, 6.45) is 4.18. The van der Waals surface area contributed by atoms with Crippen molar-refractivity contribution in [1.82, 2.24) is 4.98 Å². The largest absolute Gasteiger partial charge is 0.381 e. The van der Waals surface area contributed by atoms with Crippen molar-refractivity contribution in [2.45, 2.75) is 19.4 Å². The van der Waals surface area contributed by atoms with E-state index < -0.39 is 9.84 Å². The standard InChI is InChI=1S/C10H14N2O2S/c1-8-6-11-4-2-10(8)12-9-3-5-15(13,14)7-9/h2,4,6,9H,3,5,7H2,1H3,(H,11,12). The molecule has 1 unspecified atom stereocenters. The minimum atomic E-state index is -2.81. The highest BCUT2D eigenvalue weighted by Crippen LogP contribution is 2.19. The molecule has 82 valence electrons. The van der Waals surface area contributed by atoms with Crippen LogP contribution in [0.2, 0.25) is 0 Å². The molecule has 5 heteroatoms. The molecule has 1 aromatic rings. The molecular weight excluding hydrogens is 212 g/mol. The third-order valence-electron chi connectivity index (χ3n) is 2.61. The summed E-state index contributed by atoms with van der Waals surface area (Å²) >= 11 is 0. The Morgan fingerprint density at radius 3 is 2.93 bits per heavy atom. The number of hydrogen-bond acceptors (Lipinski definition) is 4. The number of aromatic nitrogens is 1. The molecule has 0 amide bonds. The molecule has 1 N–H and O–H groups in total. The van der Waals surface area contributed by atoms with E-state index >= 15 is 0 Å². The maximum absolute atomic E-state index is 11.3. The average Bonchev–Trinajstić information content (AvgIpc) is 2.50. The molecule has 2 rings (SSSR count). The van der Waals surface area contributed by atoms with Crippen LogP contribution in [0.3, 0.4) is 0 Å². The second-order valence-corrected chi connectivity index (χ2v) is 6.16. The van der Waals surface area contributed by atoms with Gasteiger partial charge in [-0.05, 0) is 25.0 Å². The normalized spacial score (nSPS) is 23.9. The molecular formula is C10H14N2O2S. The fourth-order valence-electron chi connectivity index (χ4n) is 1.76. The third kappa shape index (κ3) is 2.47. The summed E-state index contributed by atoms with van der Waals surface area (Å²) in [6.45, 7) is 1.96. The molecule has 1 aliphatic rings. The van der Waals surface area contributed by atoms with Crippen molar-refractivity contribution in [1.29, 1.82) is 0 Å². The lowest BCUT2D eigenvalue weighted by molar-refractivity contribution is 0.602. The van der Waals surface area contributed by atoms with Crippen molar-refractivity contribution >= 4 is 15.5 Å². The van der Waals surface area contributed by atoms with Crippen molar-refractivity contribution in [3.63, 3.8) is 0 Å². The van der Waals surface area contributed by atoms with Gasteiger partial charge in [0.2, 0.25) is 0 Å². The van der Waals surface area contributed by atoms with Crippen LogP contribution >= 0.6 is 0 Å². The molecule has 1 aromatic heterocycles. The zero-order valence-corrected chi connectivity index (χ0v) is 9.42. The summed E-state index contributed by atoms with van der Waals surface area (Å²) in [6, 6.07) is 1.93. The maximum Gasteiger partial charge on any atom is 0.152 e. The first-order valence-corrected chi connectivity index (χ1v) is 6.76. The Morgan fingerprint density at radius 2 is 2.33 bits per heavy atom. The lowest BCUT2D eigenvalue weighted by Crippen LogP contribution is -2.21. The van der Waals surface area contributed by atoms with Crippen LogP contribution in [0.5, 0.6) is 0 Å². The highest BCUT2D eigenvalue weighted by Gasteiger charge is 2.27. The summed E-state index contributed by atoms with van der Waals surface area (Å²) in [5.74, 6) is 0.545. The highest BCUT2D eigenvalue weighted by atomic mass is 32.2. The van der Waals surface area contributed by atoms with Crippen LogP contribution in [-0.2, 0) is 9.84 Å². The van der Waals surface area contributed by atoms with Crippen LogP contribution in [0.25, 0.3) is 0 Å². The van der Waals surface area contributed by atoms with E-state index in [0.717, 1.165) is 11.3 Å². The molecule has 0 spiro atoms. The summed E-state index contributed by atoms with van der Waals surface area (Å²) in [5.41, 5.74) is 2.02. The molecule has 15 heavy (non-hydrogen) atoms. The average molecular weight is 226 g/mol. The van der Waals surface area contributed by atoms with E-state index in [9.17, 15) is 8.42 Å². The number of pyridine rings is 1. The predicted octanol–water partition coefficient (Wildman–Crippen LogP) is 0.989. The molecule has 0 aromatic carbocycles. The van der Waals surface area contributed by atoms with Gasteiger partial charge in [0.15, 0.2) is 9.84 Å². The van der Waals surface area contributed by atoms with Crippen LogP contribution in [0.4, 0.5) is 5.69 Å². The third-order valence-corrected chi connectivity index (χ3v) is 4.38. The molecule has 2 heterocycles. The Labute approximate surface area is 89.6 Å². The van der Waals surface area contributed by atoms with Crippen LogP contribution in [-0.4, -0.2) is 30.9 Å². The maximum atomic E-state index is 11.3. The van der Waals surface area contributed by atoms with Crippen molar-refractivity contribution in [2.75, 3.05) is 16.8 Å². The van der Waals surface area contributed by atoms with Gasteiger partial charge < -0.3 is 5.32 Å². The topological polar surface area (TPSA) is 59.1 Å². The summed E-state index contributed by atoms with van der Waals surface area (Å²) in [5, 5.41) is 3.25. The number of aryl methyl sites for hydroxylation is 1. The van der Waals surface area contributed by atoms with Gasteiger partial charge in [-0.25, -0.2) is 8.42 Å². The van der Waals surface area contributed by atoms with E-state index in [1.165, 1.54) is 0 Å². The van der Waals surface area contributed by atoms with Crippen molar-refractivity contribution in [3.8, 4) is 0 Å². The van der Waals surface area contributed by atoms with Gasteiger partial charge in [-0.1, -0.05) is 0 Å². The Hall–Kier alpha value is -1.10. The minimum Gasteiger partial charge on any atom is -0.381 e. The smallest absolute Gasteiger partial charge is 0.152 e. The predicted molar refractivity (Wildman–Crippen MR) is 59.7 cm³/mol. The van der Waals surface area contributed by atoms with E-state index in [1.54, 1.807) is 12.4 Å². The van der Waals surface area contributed by atoms with Gasteiger partial charge in [0.25, 0.3) is 0 Å². The highest BCUT2D eigenvalue weighted by molar-refractivity contribution is 7.91. The number of sulfone groups is 1.